The minimum atomic E-state index is 0.247. The first-order valence-electron chi connectivity index (χ1n) is 17.9. The second-order valence-corrected chi connectivity index (χ2v) is 15.1. The molecule has 2 aromatic carbocycles. The normalized spacial score (nSPS) is 28.9. The fourth-order valence-electron chi connectivity index (χ4n) is 9.87. The van der Waals surface area contributed by atoms with E-state index in [0.717, 1.165) is 30.2 Å². The van der Waals surface area contributed by atoms with Gasteiger partial charge in [0, 0.05) is 35.5 Å². The van der Waals surface area contributed by atoms with E-state index in [1.165, 1.54) is 92.2 Å². The second kappa shape index (κ2) is 11.1. The highest BCUT2D eigenvalue weighted by Crippen LogP contribution is 2.66. The van der Waals surface area contributed by atoms with E-state index in [1.807, 2.05) is 0 Å². The number of fused-ring (bicyclic) bond motifs is 2. The molecule has 3 nitrogen and oxygen atoms in total. The van der Waals surface area contributed by atoms with E-state index >= 15 is 0 Å². The molecule has 0 amide bonds. The molecule has 3 unspecified atom stereocenters. The van der Waals surface area contributed by atoms with Gasteiger partial charge in [-0.15, -0.1) is 0 Å². The van der Waals surface area contributed by atoms with Crippen molar-refractivity contribution >= 4 is 5.57 Å². The lowest BCUT2D eigenvalue weighted by Gasteiger charge is -2.35. The minimum Gasteiger partial charge on any atom is -0.456 e. The van der Waals surface area contributed by atoms with Crippen LogP contribution in [0.1, 0.15) is 138 Å². The van der Waals surface area contributed by atoms with E-state index < -0.39 is 0 Å². The van der Waals surface area contributed by atoms with Gasteiger partial charge in [-0.3, -0.25) is 4.57 Å². The molecule has 2 heterocycles. The predicted molar refractivity (Wildman–Crippen MR) is 181 cm³/mol. The molecule has 8 rings (SSSR count). The van der Waals surface area contributed by atoms with Gasteiger partial charge in [0.2, 0.25) is 0 Å². The van der Waals surface area contributed by atoms with Crippen molar-refractivity contribution in [2.75, 3.05) is 0 Å². The fraction of sp³-hybridized carbons (Fsp3) is 0.537. The number of rotatable bonds is 5. The maximum Gasteiger partial charge on any atom is 0.144 e. The molecule has 230 valence electrons. The van der Waals surface area contributed by atoms with Crippen molar-refractivity contribution in [1.29, 1.82) is 0 Å². The third kappa shape index (κ3) is 4.47. The Morgan fingerprint density at radius 3 is 2.30 bits per heavy atom. The monoisotopic (exact) mass is 586 g/mol. The number of nitrogens with zero attached hydrogens (tertiary/aromatic N) is 2. The third-order valence-electron chi connectivity index (χ3n) is 12.8. The van der Waals surface area contributed by atoms with Gasteiger partial charge < -0.3 is 4.74 Å². The zero-order chi connectivity index (χ0) is 30.0. The average Bonchev–Trinajstić information content (AvgIpc) is 3.36. The molecule has 1 aliphatic heterocycles. The fourth-order valence-corrected chi connectivity index (χ4v) is 9.87. The SMILES string of the molecule is CC1CC=CC(c2nccn2-c2c(C3CCCCC3)cc3c(c2C2CCCCC2)Oc2ccccc2C3)=C1C1(C)C(C)C1C. The molecule has 3 aromatic rings. The summed E-state index contributed by atoms with van der Waals surface area (Å²) in [6.45, 7) is 9.87. The molecule has 3 fully saturated rings. The van der Waals surface area contributed by atoms with Crippen LogP contribution in [0, 0.1) is 23.2 Å². The Hall–Kier alpha value is -3.07. The van der Waals surface area contributed by atoms with Crippen molar-refractivity contribution in [2.24, 2.45) is 23.2 Å². The van der Waals surface area contributed by atoms with Crippen LogP contribution < -0.4 is 4.74 Å². The smallest absolute Gasteiger partial charge is 0.144 e. The van der Waals surface area contributed by atoms with E-state index in [-0.39, 0.29) is 5.41 Å². The maximum atomic E-state index is 7.00. The Labute approximate surface area is 264 Å². The third-order valence-corrected chi connectivity index (χ3v) is 12.8. The average molecular weight is 587 g/mol. The molecule has 3 atom stereocenters. The summed E-state index contributed by atoms with van der Waals surface area (Å²) in [4.78, 5) is 5.23. The first-order valence-corrected chi connectivity index (χ1v) is 17.9. The van der Waals surface area contributed by atoms with Crippen molar-refractivity contribution in [1.82, 2.24) is 9.55 Å². The van der Waals surface area contributed by atoms with Gasteiger partial charge in [-0.2, -0.15) is 0 Å². The van der Waals surface area contributed by atoms with Gasteiger partial charge in [-0.05, 0) is 95.9 Å². The van der Waals surface area contributed by atoms with Crippen molar-refractivity contribution in [3.63, 3.8) is 0 Å². The van der Waals surface area contributed by atoms with E-state index in [2.05, 4.69) is 87.1 Å². The second-order valence-electron chi connectivity index (χ2n) is 15.1. The number of benzene rings is 2. The Balaban J connectivity index is 1.39. The molecule has 1 aromatic heterocycles. The summed E-state index contributed by atoms with van der Waals surface area (Å²) in [7, 11) is 0. The van der Waals surface area contributed by atoms with E-state index in [4.69, 9.17) is 9.72 Å². The highest BCUT2D eigenvalue weighted by atomic mass is 16.5. The number of ether oxygens (including phenoxy) is 1. The van der Waals surface area contributed by atoms with Gasteiger partial charge in [0.05, 0.1) is 5.69 Å². The van der Waals surface area contributed by atoms with Gasteiger partial charge in [0.15, 0.2) is 0 Å². The Morgan fingerprint density at radius 2 is 1.57 bits per heavy atom. The number of hydrogen-bond acceptors (Lipinski definition) is 2. The molecular formula is C41H50N2O. The number of hydrogen-bond donors (Lipinski definition) is 0. The molecule has 3 heteroatoms. The molecular weight excluding hydrogens is 536 g/mol. The molecule has 5 aliphatic rings. The molecule has 0 bridgehead atoms. The van der Waals surface area contributed by atoms with Crippen LogP contribution in [0.4, 0.5) is 0 Å². The zero-order valence-electron chi connectivity index (χ0n) is 27.4. The van der Waals surface area contributed by atoms with Crippen molar-refractivity contribution in [2.45, 2.75) is 117 Å². The van der Waals surface area contributed by atoms with Crippen LogP contribution in [0.2, 0.25) is 0 Å². The molecule has 0 N–H and O–H groups in total. The summed E-state index contributed by atoms with van der Waals surface area (Å²) in [6, 6.07) is 11.3. The van der Waals surface area contributed by atoms with E-state index in [1.54, 1.807) is 11.1 Å². The lowest BCUT2D eigenvalue weighted by Crippen LogP contribution is -2.21. The first kappa shape index (κ1) is 28.4. The van der Waals surface area contributed by atoms with Crippen LogP contribution in [0.5, 0.6) is 11.5 Å². The van der Waals surface area contributed by atoms with Crippen LogP contribution in [0.15, 0.2) is 60.5 Å². The summed E-state index contributed by atoms with van der Waals surface area (Å²) < 4.78 is 9.54. The maximum absolute atomic E-state index is 7.00. The van der Waals surface area contributed by atoms with Gasteiger partial charge >= 0.3 is 0 Å². The standard InChI is InChI=1S/C41H50N2O/c1-26-14-13-20-33(37(26)41(4)27(2)28(41)3)40-42-22-23-43(40)38-34(29-15-7-5-8-16-29)25-32-24-31-19-11-12-21-35(31)44-39(32)36(38)30-17-9-6-10-18-30/h11-13,19-23,25-30H,5-10,14-18,24H2,1-4H3. The summed E-state index contributed by atoms with van der Waals surface area (Å²) in [5, 5.41) is 0. The largest absolute Gasteiger partial charge is 0.456 e. The lowest BCUT2D eigenvalue weighted by atomic mass is 9.75. The van der Waals surface area contributed by atoms with Crippen molar-refractivity contribution in [3.05, 3.63) is 88.5 Å². The predicted octanol–water partition coefficient (Wildman–Crippen LogP) is 11.3. The number of imidazole rings is 1. The number of allylic oxidation sites excluding steroid dienone is 4. The van der Waals surface area contributed by atoms with Gasteiger partial charge in [0.1, 0.15) is 17.3 Å². The van der Waals surface area contributed by atoms with E-state index in [9.17, 15) is 0 Å². The van der Waals surface area contributed by atoms with Crippen LogP contribution in [-0.4, -0.2) is 9.55 Å². The Morgan fingerprint density at radius 1 is 0.864 bits per heavy atom. The Bertz CT molecular complexity index is 1620. The first-order chi connectivity index (χ1) is 21.5. The molecule has 3 saturated carbocycles. The minimum absolute atomic E-state index is 0.247. The van der Waals surface area contributed by atoms with Crippen LogP contribution in [0.3, 0.4) is 0 Å². The number of para-hydroxylation sites is 1. The van der Waals surface area contributed by atoms with Gasteiger partial charge in [-0.25, -0.2) is 4.98 Å². The Kier molecular flexibility index (Phi) is 7.15. The summed E-state index contributed by atoms with van der Waals surface area (Å²) in [6.07, 6.45) is 24.3. The molecule has 0 radical (unpaired) electrons. The summed E-state index contributed by atoms with van der Waals surface area (Å²) in [5.41, 5.74) is 10.4. The van der Waals surface area contributed by atoms with Gasteiger partial charge in [-0.1, -0.05) is 96.6 Å². The zero-order valence-corrected chi connectivity index (χ0v) is 27.4. The van der Waals surface area contributed by atoms with Crippen LogP contribution in [0.25, 0.3) is 11.3 Å². The summed E-state index contributed by atoms with van der Waals surface area (Å²) >= 11 is 0. The quantitative estimate of drug-likeness (QED) is 0.233. The molecule has 44 heavy (non-hydrogen) atoms. The van der Waals surface area contributed by atoms with Gasteiger partial charge in [0.25, 0.3) is 0 Å². The van der Waals surface area contributed by atoms with E-state index in [0.29, 0.717) is 29.6 Å². The molecule has 4 aliphatic carbocycles. The topological polar surface area (TPSA) is 27.1 Å². The number of aromatic nitrogens is 2. The summed E-state index contributed by atoms with van der Waals surface area (Å²) in [5.74, 6) is 6.40. The van der Waals surface area contributed by atoms with Crippen molar-refractivity contribution < 1.29 is 4.74 Å². The van der Waals surface area contributed by atoms with Crippen LogP contribution in [-0.2, 0) is 6.42 Å². The van der Waals surface area contributed by atoms with Crippen LogP contribution >= 0.6 is 0 Å². The molecule has 0 spiro atoms. The molecule has 0 saturated heterocycles. The highest BCUT2D eigenvalue weighted by molar-refractivity contribution is 5.78. The lowest BCUT2D eigenvalue weighted by molar-refractivity contribution is 0.405. The highest BCUT2D eigenvalue weighted by Gasteiger charge is 2.59. The van der Waals surface area contributed by atoms with Crippen molar-refractivity contribution in [3.8, 4) is 17.2 Å².